The SMILES string of the molecule is CCC1C(=O)C(C)CN1C(=O)OC. The molecule has 1 rings (SSSR count). The van der Waals surface area contributed by atoms with E-state index in [9.17, 15) is 9.59 Å². The molecule has 2 atom stereocenters. The zero-order valence-corrected chi connectivity index (χ0v) is 8.24. The number of methoxy groups -OCH3 is 1. The van der Waals surface area contributed by atoms with Gasteiger partial charge in [0.05, 0.1) is 13.2 Å². The van der Waals surface area contributed by atoms with Gasteiger partial charge in [-0.1, -0.05) is 13.8 Å². The fourth-order valence-electron chi connectivity index (χ4n) is 1.73. The van der Waals surface area contributed by atoms with Gasteiger partial charge in [0.15, 0.2) is 5.78 Å². The Morgan fingerprint density at radius 1 is 1.69 bits per heavy atom. The highest BCUT2D eigenvalue weighted by molar-refractivity contribution is 5.92. The third-order valence-electron chi connectivity index (χ3n) is 2.46. The van der Waals surface area contributed by atoms with Gasteiger partial charge in [-0.15, -0.1) is 0 Å². The summed E-state index contributed by atoms with van der Waals surface area (Å²) >= 11 is 0. The second kappa shape index (κ2) is 3.77. The van der Waals surface area contributed by atoms with Crippen LogP contribution in [-0.4, -0.2) is 36.5 Å². The minimum Gasteiger partial charge on any atom is -0.453 e. The van der Waals surface area contributed by atoms with E-state index in [1.807, 2.05) is 13.8 Å². The topological polar surface area (TPSA) is 46.6 Å². The summed E-state index contributed by atoms with van der Waals surface area (Å²) in [4.78, 5) is 24.3. The Morgan fingerprint density at radius 3 is 2.77 bits per heavy atom. The number of hydrogen-bond donors (Lipinski definition) is 0. The molecule has 0 aromatic carbocycles. The Kier molecular flexibility index (Phi) is 2.90. The van der Waals surface area contributed by atoms with Crippen LogP contribution < -0.4 is 0 Å². The highest BCUT2D eigenvalue weighted by Gasteiger charge is 2.39. The van der Waals surface area contributed by atoms with Crippen molar-refractivity contribution >= 4 is 11.9 Å². The van der Waals surface area contributed by atoms with Crippen LogP contribution in [0, 0.1) is 5.92 Å². The lowest BCUT2D eigenvalue weighted by Crippen LogP contribution is -2.37. The molecule has 1 amide bonds. The van der Waals surface area contributed by atoms with Gasteiger partial charge in [0.1, 0.15) is 0 Å². The van der Waals surface area contributed by atoms with Crippen LogP contribution >= 0.6 is 0 Å². The lowest BCUT2D eigenvalue weighted by molar-refractivity contribution is -0.122. The minimum atomic E-state index is -0.399. The van der Waals surface area contributed by atoms with E-state index in [1.165, 1.54) is 12.0 Å². The molecule has 0 aromatic heterocycles. The van der Waals surface area contributed by atoms with Gasteiger partial charge >= 0.3 is 6.09 Å². The van der Waals surface area contributed by atoms with Crippen molar-refractivity contribution in [3.63, 3.8) is 0 Å². The van der Waals surface area contributed by atoms with E-state index in [2.05, 4.69) is 4.74 Å². The van der Waals surface area contributed by atoms with Crippen molar-refractivity contribution in [3.05, 3.63) is 0 Å². The van der Waals surface area contributed by atoms with Crippen molar-refractivity contribution in [1.82, 2.24) is 4.90 Å². The number of amides is 1. The quantitative estimate of drug-likeness (QED) is 0.613. The predicted octanol–water partition coefficient (Wildman–Crippen LogP) is 1.05. The molecule has 74 valence electrons. The van der Waals surface area contributed by atoms with E-state index >= 15 is 0 Å². The molecule has 1 fully saturated rings. The molecule has 0 N–H and O–H groups in total. The Morgan fingerprint density at radius 2 is 2.31 bits per heavy atom. The third-order valence-corrected chi connectivity index (χ3v) is 2.46. The maximum atomic E-state index is 11.5. The van der Waals surface area contributed by atoms with Crippen LogP contribution in [0.2, 0.25) is 0 Å². The highest BCUT2D eigenvalue weighted by atomic mass is 16.5. The van der Waals surface area contributed by atoms with Gasteiger partial charge in [-0.3, -0.25) is 9.69 Å². The van der Waals surface area contributed by atoms with E-state index < -0.39 is 6.09 Å². The second-order valence-electron chi connectivity index (χ2n) is 3.35. The van der Waals surface area contributed by atoms with Crippen LogP contribution in [0.5, 0.6) is 0 Å². The Balaban J connectivity index is 2.76. The smallest absolute Gasteiger partial charge is 0.410 e. The number of carbonyl (C=O) groups excluding carboxylic acids is 2. The first-order valence-corrected chi connectivity index (χ1v) is 4.50. The van der Waals surface area contributed by atoms with Gasteiger partial charge in [0, 0.05) is 12.5 Å². The number of rotatable bonds is 1. The van der Waals surface area contributed by atoms with Gasteiger partial charge in [-0.25, -0.2) is 4.79 Å². The summed E-state index contributed by atoms with van der Waals surface area (Å²) < 4.78 is 4.60. The lowest BCUT2D eigenvalue weighted by atomic mass is 10.0. The molecule has 0 spiro atoms. The number of Topliss-reactive ketones (excluding diaryl/α,β-unsaturated/α-hetero) is 1. The summed E-state index contributed by atoms with van der Waals surface area (Å²) in [5.74, 6) is 0.0944. The van der Waals surface area contributed by atoms with Gasteiger partial charge < -0.3 is 4.74 Å². The van der Waals surface area contributed by atoms with Gasteiger partial charge in [0.25, 0.3) is 0 Å². The van der Waals surface area contributed by atoms with E-state index in [0.717, 1.165) is 0 Å². The van der Waals surface area contributed by atoms with Crippen molar-refractivity contribution in [2.75, 3.05) is 13.7 Å². The maximum absolute atomic E-state index is 11.5. The molecule has 0 saturated carbocycles. The van der Waals surface area contributed by atoms with Crippen molar-refractivity contribution in [3.8, 4) is 0 Å². The number of ether oxygens (including phenoxy) is 1. The van der Waals surface area contributed by atoms with Crippen LogP contribution in [-0.2, 0) is 9.53 Å². The van der Waals surface area contributed by atoms with Gasteiger partial charge in [-0.05, 0) is 6.42 Å². The standard InChI is InChI=1S/C9H15NO3/c1-4-7-8(11)6(2)5-10(7)9(12)13-3/h6-7H,4-5H2,1-3H3. The predicted molar refractivity (Wildman–Crippen MR) is 47.4 cm³/mol. The fourth-order valence-corrected chi connectivity index (χ4v) is 1.73. The zero-order valence-electron chi connectivity index (χ0n) is 8.24. The summed E-state index contributed by atoms with van der Waals surface area (Å²) in [5.41, 5.74) is 0. The monoisotopic (exact) mass is 185 g/mol. The van der Waals surface area contributed by atoms with Crippen molar-refractivity contribution in [1.29, 1.82) is 0 Å². The highest BCUT2D eigenvalue weighted by Crippen LogP contribution is 2.21. The maximum Gasteiger partial charge on any atom is 0.410 e. The largest absolute Gasteiger partial charge is 0.453 e. The first-order valence-electron chi connectivity index (χ1n) is 4.50. The Labute approximate surface area is 77.8 Å². The number of carbonyl (C=O) groups is 2. The molecule has 0 radical (unpaired) electrons. The van der Waals surface area contributed by atoms with Crippen molar-refractivity contribution in [2.24, 2.45) is 5.92 Å². The summed E-state index contributed by atoms with van der Waals surface area (Å²) in [7, 11) is 1.34. The molecule has 0 bridgehead atoms. The van der Waals surface area contributed by atoms with E-state index in [-0.39, 0.29) is 17.7 Å². The van der Waals surface area contributed by atoms with Crippen LogP contribution in [0.4, 0.5) is 4.79 Å². The minimum absolute atomic E-state index is 0.0518. The summed E-state index contributed by atoms with van der Waals surface area (Å²) in [6.45, 7) is 4.23. The summed E-state index contributed by atoms with van der Waals surface area (Å²) in [6, 6.07) is -0.276. The Hall–Kier alpha value is -1.06. The molecule has 13 heavy (non-hydrogen) atoms. The normalized spacial score (nSPS) is 27.9. The van der Waals surface area contributed by atoms with Crippen molar-refractivity contribution in [2.45, 2.75) is 26.3 Å². The average Bonchev–Trinajstić information content (AvgIpc) is 2.42. The average molecular weight is 185 g/mol. The molecule has 4 nitrogen and oxygen atoms in total. The van der Waals surface area contributed by atoms with E-state index in [4.69, 9.17) is 0 Å². The van der Waals surface area contributed by atoms with Crippen molar-refractivity contribution < 1.29 is 14.3 Å². The van der Waals surface area contributed by atoms with Crippen LogP contribution in [0.3, 0.4) is 0 Å². The third kappa shape index (κ3) is 1.66. The van der Waals surface area contributed by atoms with Crippen LogP contribution in [0.1, 0.15) is 20.3 Å². The summed E-state index contributed by atoms with van der Waals surface area (Å²) in [6.07, 6.45) is 0.266. The summed E-state index contributed by atoms with van der Waals surface area (Å²) in [5, 5.41) is 0. The van der Waals surface area contributed by atoms with E-state index in [0.29, 0.717) is 13.0 Å². The lowest BCUT2D eigenvalue weighted by Gasteiger charge is -2.20. The van der Waals surface area contributed by atoms with E-state index in [1.54, 1.807) is 0 Å². The Bertz CT molecular complexity index is 227. The molecule has 1 aliphatic rings. The first-order chi connectivity index (χ1) is 6.11. The van der Waals surface area contributed by atoms with Crippen LogP contribution in [0.25, 0.3) is 0 Å². The molecule has 0 aliphatic carbocycles. The molecule has 0 aromatic rings. The molecule has 4 heteroatoms. The molecule has 2 unspecified atom stereocenters. The number of hydrogen-bond acceptors (Lipinski definition) is 3. The fraction of sp³-hybridized carbons (Fsp3) is 0.778. The van der Waals surface area contributed by atoms with Gasteiger partial charge in [-0.2, -0.15) is 0 Å². The molecular weight excluding hydrogens is 170 g/mol. The molecule has 1 aliphatic heterocycles. The molecule has 1 saturated heterocycles. The van der Waals surface area contributed by atoms with Crippen LogP contribution in [0.15, 0.2) is 0 Å². The first kappa shape index (κ1) is 10.0. The number of ketones is 1. The molecule has 1 heterocycles. The zero-order chi connectivity index (χ0) is 10.0. The number of likely N-dealkylation sites (tertiary alicyclic amines) is 1. The molecular formula is C9H15NO3. The second-order valence-corrected chi connectivity index (χ2v) is 3.35. The number of nitrogens with zero attached hydrogens (tertiary/aromatic N) is 1. The van der Waals surface area contributed by atoms with Gasteiger partial charge in [0.2, 0.25) is 0 Å².